The molecule has 3 aromatic rings. The van der Waals surface area contributed by atoms with E-state index >= 15 is 0 Å². The van der Waals surface area contributed by atoms with E-state index in [0.29, 0.717) is 6.61 Å². The molecular formula is C23H29N5O. The number of nitrogens with zero attached hydrogens (tertiary/aromatic N) is 4. The Morgan fingerprint density at radius 2 is 1.93 bits per heavy atom. The van der Waals surface area contributed by atoms with Crippen LogP contribution in [0.5, 0.6) is 5.75 Å². The van der Waals surface area contributed by atoms with Crippen LogP contribution in [-0.4, -0.2) is 47.6 Å². The van der Waals surface area contributed by atoms with Gasteiger partial charge in [0.25, 0.3) is 0 Å². The summed E-state index contributed by atoms with van der Waals surface area (Å²) in [6.07, 6.45) is 2.66. The molecular weight excluding hydrogens is 362 g/mol. The molecule has 4 rings (SSSR count). The first-order valence-corrected chi connectivity index (χ1v) is 10.3. The van der Waals surface area contributed by atoms with Crippen molar-refractivity contribution in [1.82, 2.24) is 20.1 Å². The van der Waals surface area contributed by atoms with E-state index in [4.69, 9.17) is 4.74 Å². The van der Waals surface area contributed by atoms with Crippen LogP contribution in [0.2, 0.25) is 0 Å². The minimum Gasteiger partial charge on any atom is -0.491 e. The number of ether oxygens (including phenoxy) is 1. The molecule has 152 valence electrons. The Bertz CT molecular complexity index is 975. The quantitative estimate of drug-likeness (QED) is 0.700. The highest BCUT2D eigenvalue weighted by molar-refractivity contribution is 5.70. The Balaban J connectivity index is 1.51. The molecule has 0 atom stereocenters. The van der Waals surface area contributed by atoms with Gasteiger partial charge in [-0.15, -0.1) is 0 Å². The van der Waals surface area contributed by atoms with Crippen LogP contribution >= 0.6 is 0 Å². The van der Waals surface area contributed by atoms with Crippen LogP contribution in [0.3, 0.4) is 0 Å². The van der Waals surface area contributed by atoms with E-state index in [1.54, 1.807) is 0 Å². The van der Waals surface area contributed by atoms with Gasteiger partial charge in [-0.25, -0.2) is 0 Å². The number of hydrogen-bond acceptors (Lipinski definition) is 5. The predicted molar refractivity (Wildman–Crippen MR) is 117 cm³/mol. The molecule has 2 aromatic heterocycles. The zero-order valence-electron chi connectivity index (χ0n) is 17.5. The summed E-state index contributed by atoms with van der Waals surface area (Å²) >= 11 is 0. The monoisotopic (exact) mass is 391 g/mol. The van der Waals surface area contributed by atoms with Crippen molar-refractivity contribution < 1.29 is 4.74 Å². The molecule has 29 heavy (non-hydrogen) atoms. The largest absolute Gasteiger partial charge is 0.491 e. The third-order valence-electron chi connectivity index (χ3n) is 5.64. The van der Waals surface area contributed by atoms with Gasteiger partial charge in [-0.2, -0.15) is 5.10 Å². The summed E-state index contributed by atoms with van der Waals surface area (Å²) in [4.78, 5) is 7.04. The van der Waals surface area contributed by atoms with E-state index < -0.39 is 0 Å². The van der Waals surface area contributed by atoms with Crippen LogP contribution in [-0.2, 0) is 13.5 Å². The summed E-state index contributed by atoms with van der Waals surface area (Å²) < 4.78 is 8.11. The van der Waals surface area contributed by atoms with Crippen molar-refractivity contribution in [3.8, 4) is 17.0 Å². The third kappa shape index (κ3) is 4.27. The highest BCUT2D eigenvalue weighted by Crippen LogP contribution is 2.30. The van der Waals surface area contributed by atoms with Gasteiger partial charge < -0.3 is 15.0 Å². The summed E-state index contributed by atoms with van der Waals surface area (Å²) in [7, 11) is 1.98. The van der Waals surface area contributed by atoms with Gasteiger partial charge in [0.2, 0.25) is 0 Å². The van der Waals surface area contributed by atoms with Gasteiger partial charge in [-0.1, -0.05) is 12.1 Å². The second-order valence-electron chi connectivity index (χ2n) is 7.51. The first-order valence-electron chi connectivity index (χ1n) is 10.3. The van der Waals surface area contributed by atoms with E-state index in [9.17, 15) is 0 Å². The maximum Gasteiger partial charge on any atom is 0.145 e. The fourth-order valence-electron chi connectivity index (χ4n) is 3.94. The highest BCUT2D eigenvalue weighted by atomic mass is 16.5. The lowest BCUT2D eigenvalue weighted by atomic mass is 10.1. The van der Waals surface area contributed by atoms with Crippen LogP contribution in [0.4, 0.5) is 5.69 Å². The summed E-state index contributed by atoms with van der Waals surface area (Å²) in [6.45, 7) is 8.86. The average Bonchev–Trinajstić information content (AvgIpc) is 3.01. The van der Waals surface area contributed by atoms with E-state index in [0.717, 1.165) is 55.3 Å². The molecule has 1 aromatic carbocycles. The Morgan fingerprint density at radius 1 is 1.10 bits per heavy atom. The molecule has 0 aliphatic carbocycles. The van der Waals surface area contributed by atoms with Crippen LogP contribution in [0, 0.1) is 13.8 Å². The number of nitrogens with one attached hydrogen (secondary N) is 1. The van der Waals surface area contributed by atoms with Crippen LogP contribution in [0.25, 0.3) is 11.3 Å². The number of aromatic nitrogens is 3. The van der Waals surface area contributed by atoms with Gasteiger partial charge in [0.05, 0.1) is 12.3 Å². The highest BCUT2D eigenvalue weighted by Gasteiger charge is 2.14. The van der Waals surface area contributed by atoms with Gasteiger partial charge >= 0.3 is 0 Å². The Labute approximate surface area is 172 Å². The lowest BCUT2D eigenvalue weighted by molar-refractivity contribution is 0.321. The first-order chi connectivity index (χ1) is 14.1. The zero-order chi connectivity index (χ0) is 20.2. The van der Waals surface area contributed by atoms with Crippen molar-refractivity contribution in [2.45, 2.75) is 20.3 Å². The topological polar surface area (TPSA) is 55.2 Å². The lowest BCUT2D eigenvalue weighted by Gasteiger charge is -2.29. The summed E-state index contributed by atoms with van der Waals surface area (Å²) in [5, 5.41) is 7.90. The molecule has 0 radical (unpaired) electrons. The first kappa shape index (κ1) is 19.5. The van der Waals surface area contributed by atoms with Crippen molar-refractivity contribution in [3.63, 3.8) is 0 Å². The Hall–Kier alpha value is -2.86. The van der Waals surface area contributed by atoms with Crippen LogP contribution < -0.4 is 15.0 Å². The van der Waals surface area contributed by atoms with Crippen molar-refractivity contribution in [2.24, 2.45) is 7.05 Å². The maximum absolute atomic E-state index is 6.18. The van der Waals surface area contributed by atoms with Gasteiger partial charge in [0.1, 0.15) is 11.4 Å². The molecule has 0 saturated carbocycles. The standard InChI is InChI=1S/C23H29N5O/c1-17-21(18(2)27(3)26-17)9-15-29-22-8-5-10-25-23(22)19-6-4-7-20(16-19)28-13-11-24-12-14-28/h4-8,10,16,24H,9,11-15H2,1-3H3. The van der Waals surface area contributed by atoms with Crippen molar-refractivity contribution in [1.29, 1.82) is 0 Å². The lowest BCUT2D eigenvalue weighted by Crippen LogP contribution is -2.43. The van der Waals surface area contributed by atoms with Crippen LogP contribution in [0.15, 0.2) is 42.6 Å². The van der Waals surface area contributed by atoms with Gasteiger partial charge in [0.15, 0.2) is 0 Å². The minimum atomic E-state index is 0.601. The average molecular weight is 392 g/mol. The summed E-state index contributed by atoms with van der Waals surface area (Å²) in [6, 6.07) is 12.5. The smallest absolute Gasteiger partial charge is 0.145 e. The molecule has 0 bridgehead atoms. The molecule has 1 aliphatic rings. The molecule has 6 nitrogen and oxygen atoms in total. The predicted octanol–water partition coefficient (Wildman–Crippen LogP) is 3.13. The molecule has 1 aliphatic heterocycles. The fraction of sp³-hybridized carbons (Fsp3) is 0.391. The molecule has 3 heterocycles. The van der Waals surface area contributed by atoms with Crippen molar-refractivity contribution in [2.75, 3.05) is 37.7 Å². The van der Waals surface area contributed by atoms with E-state index in [1.165, 1.54) is 16.9 Å². The molecule has 0 unspecified atom stereocenters. The minimum absolute atomic E-state index is 0.601. The number of benzene rings is 1. The van der Waals surface area contributed by atoms with Crippen LogP contribution in [0.1, 0.15) is 17.0 Å². The number of piperazine rings is 1. The number of anilines is 1. The second-order valence-corrected chi connectivity index (χ2v) is 7.51. The normalized spacial score (nSPS) is 14.2. The molecule has 6 heteroatoms. The number of aryl methyl sites for hydroxylation is 2. The summed E-state index contributed by atoms with van der Waals surface area (Å²) in [5.74, 6) is 0.823. The second kappa shape index (κ2) is 8.66. The molecule has 1 N–H and O–H groups in total. The van der Waals surface area contributed by atoms with Crippen molar-refractivity contribution in [3.05, 3.63) is 59.5 Å². The molecule has 1 saturated heterocycles. The maximum atomic E-state index is 6.18. The Morgan fingerprint density at radius 3 is 2.69 bits per heavy atom. The third-order valence-corrected chi connectivity index (χ3v) is 5.64. The number of hydrogen-bond donors (Lipinski definition) is 1. The van der Waals surface area contributed by atoms with E-state index in [2.05, 4.69) is 58.4 Å². The Kier molecular flexibility index (Phi) is 5.81. The zero-order valence-corrected chi connectivity index (χ0v) is 17.5. The molecule has 1 fully saturated rings. The molecule has 0 spiro atoms. The van der Waals surface area contributed by atoms with Gasteiger partial charge in [-0.3, -0.25) is 9.67 Å². The SMILES string of the molecule is Cc1nn(C)c(C)c1CCOc1cccnc1-c1cccc(N2CCNCC2)c1. The summed E-state index contributed by atoms with van der Waals surface area (Å²) in [5.41, 5.74) is 6.75. The molecule has 0 amide bonds. The van der Waals surface area contributed by atoms with Gasteiger partial charge in [0, 0.05) is 62.8 Å². The van der Waals surface area contributed by atoms with E-state index in [-0.39, 0.29) is 0 Å². The number of pyridine rings is 1. The van der Waals surface area contributed by atoms with Crippen molar-refractivity contribution >= 4 is 5.69 Å². The van der Waals surface area contributed by atoms with E-state index in [1.807, 2.05) is 30.1 Å². The fourth-order valence-corrected chi connectivity index (χ4v) is 3.94. The van der Waals surface area contributed by atoms with Gasteiger partial charge in [-0.05, 0) is 43.7 Å². The number of rotatable bonds is 6.